The fourth-order valence-electron chi connectivity index (χ4n) is 2.47. The molecule has 0 aromatic heterocycles. The number of halogens is 1. The van der Waals surface area contributed by atoms with Crippen LogP contribution in [-0.2, 0) is 9.53 Å². The van der Waals surface area contributed by atoms with Crippen molar-refractivity contribution >= 4 is 11.9 Å². The van der Waals surface area contributed by atoms with E-state index in [0.717, 1.165) is 0 Å². The Hall–Kier alpha value is -1.95. The van der Waals surface area contributed by atoms with Crippen LogP contribution in [0.5, 0.6) is 0 Å². The van der Waals surface area contributed by atoms with Gasteiger partial charge in [-0.05, 0) is 37.1 Å². The molecule has 0 radical (unpaired) electrons. The van der Waals surface area contributed by atoms with Gasteiger partial charge in [-0.15, -0.1) is 0 Å². The van der Waals surface area contributed by atoms with Crippen LogP contribution < -0.4 is 0 Å². The summed E-state index contributed by atoms with van der Waals surface area (Å²) in [6.45, 7) is 4.19. The summed E-state index contributed by atoms with van der Waals surface area (Å²) in [6, 6.07) is 3.04. The lowest BCUT2D eigenvalue weighted by Crippen LogP contribution is -2.46. The molecule has 5 nitrogen and oxygen atoms in total. The van der Waals surface area contributed by atoms with Crippen molar-refractivity contribution in [1.29, 1.82) is 0 Å². The maximum absolute atomic E-state index is 13.6. The Morgan fingerprint density at radius 2 is 2.00 bits per heavy atom. The number of amides is 1. The average Bonchev–Trinajstić information content (AvgIpc) is 2.43. The number of rotatable bonds is 3. The number of nitrogens with zero attached hydrogens (tertiary/aromatic N) is 1. The monoisotopic (exact) mass is 295 g/mol. The molecular formula is C15H18FNO4. The van der Waals surface area contributed by atoms with Crippen LogP contribution in [0.4, 0.5) is 4.39 Å². The molecule has 114 valence electrons. The van der Waals surface area contributed by atoms with Crippen LogP contribution in [0.2, 0.25) is 0 Å². The van der Waals surface area contributed by atoms with E-state index in [-0.39, 0.29) is 24.7 Å². The lowest BCUT2D eigenvalue weighted by Gasteiger charge is -2.32. The van der Waals surface area contributed by atoms with Gasteiger partial charge in [-0.1, -0.05) is 0 Å². The molecule has 0 bridgehead atoms. The smallest absolute Gasteiger partial charge is 0.306 e. The number of carboxylic acid groups (broad SMARTS) is 1. The zero-order valence-corrected chi connectivity index (χ0v) is 12.1. The lowest BCUT2D eigenvalue weighted by atomic mass is 10.0. The molecule has 1 aliphatic heterocycles. The van der Waals surface area contributed by atoms with Crippen LogP contribution in [0.3, 0.4) is 0 Å². The Kier molecular flexibility index (Phi) is 4.57. The predicted octanol–water partition coefficient (Wildman–Crippen LogP) is 1.76. The van der Waals surface area contributed by atoms with Gasteiger partial charge < -0.3 is 14.7 Å². The van der Waals surface area contributed by atoms with Crippen LogP contribution in [0.25, 0.3) is 0 Å². The summed E-state index contributed by atoms with van der Waals surface area (Å²) in [4.78, 5) is 24.7. The first kappa shape index (κ1) is 15.4. The minimum atomic E-state index is -0.956. The molecule has 21 heavy (non-hydrogen) atoms. The lowest BCUT2D eigenvalue weighted by molar-refractivity contribution is -0.141. The number of hydrogen-bond acceptors (Lipinski definition) is 3. The van der Waals surface area contributed by atoms with Crippen molar-refractivity contribution in [3.8, 4) is 0 Å². The molecule has 1 atom stereocenters. The van der Waals surface area contributed by atoms with Crippen LogP contribution >= 0.6 is 0 Å². The fourth-order valence-corrected chi connectivity index (χ4v) is 2.47. The normalized spacial score (nSPS) is 18.6. The number of ether oxygens (including phenoxy) is 1. The van der Waals surface area contributed by atoms with Crippen molar-refractivity contribution in [3.63, 3.8) is 0 Å². The molecule has 1 unspecified atom stereocenters. The average molecular weight is 295 g/mol. The van der Waals surface area contributed by atoms with Crippen LogP contribution in [0.1, 0.15) is 27.9 Å². The van der Waals surface area contributed by atoms with Gasteiger partial charge in [-0.25, -0.2) is 4.39 Å². The zero-order chi connectivity index (χ0) is 15.6. The van der Waals surface area contributed by atoms with E-state index in [1.54, 1.807) is 18.7 Å². The summed E-state index contributed by atoms with van der Waals surface area (Å²) in [6.07, 6.45) is -0.631. The number of carbonyl (C=O) groups excluding carboxylic acids is 1. The van der Waals surface area contributed by atoms with Gasteiger partial charge in [0.05, 0.1) is 19.1 Å². The van der Waals surface area contributed by atoms with Gasteiger partial charge in [0.15, 0.2) is 0 Å². The first-order valence-electron chi connectivity index (χ1n) is 6.78. The highest BCUT2D eigenvalue weighted by Gasteiger charge is 2.27. The number of carbonyl (C=O) groups is 2. The second kappa shape index (κ2) is 6.22. The standard InChI is InChI=1S/C15H18FNO4/c1-9-5-11(6-10(2)14(9)16)15(20)17-3-4-21-12(8-17)7-13(18)19/h5-6,12H,3-4,7-8H2,1-2H3,(H,18,19). The Labute approximate surface area is 122 Å². The van der Waals surface area contributed by atoms with Crippen molar-refractivity contribution in [2.75, 3.05) is 19.7 Å². The SMILES string of the molecule is Cc1cc(C(=O)N2CCOC(CC(=O)O)C2)cc(C)c1F. The second-order valence-electron chi connectivity index (χ2n) is 5.27. The number of aryl methyl sites for hydroxylation is 2. The van der Waals surface area contributed by atoms with E-state index in [2.05, 4.69) is 0 Å². The van der Waals surface area contributed by atoms with Gasteiger partial charge in [0.2, 0.25) is 0 Å². The van der Waals surface area contributed by atoms with E-state index in [4.69, 9.17) is 9.84 Å². The van der Waals surface area contributed by atoms with Crippen molar-refractivity contribution < 1.29 is 23.8 Å². The molecule has 1 aromatic carbocycles. The number of aliphatic carboxylic acids is 1. The van der Waals surface area contributed by atoms with Crippen molar-refractivity contribution in [2.24, 2.45) is 0 Å². The molecular weight excluding hydrogens is 277 g/mol. The maximum Gasteiger partial charge on any atom is 0.306 e. The Balaban J connectivity index is 2.14. The highest BCUT2D eigenvalue weighted by molar-refractivity contribution is 5.94. The summed E-state index contributed by atoms with van der Waals surface area (Å²) in [7, 11) is 0. The number of benzene rings is 1. The quantitative estimate of drug-likeness (QED) is 0.922. The first-order chi connectivity index (χ1) is 9.88. The van der Waals surface area contributed by atoms with E-state index in [1.807, 2.05) is 0 Å². The molecule has 1 fully saturated rings. The van der Waals surface area contributed by atoms with E-state index >= 15 is 0 Å². The van der Waals surface area contributed by atoms with Crippen LogP contribution in [0.15, 0.2) is 12.1 Å². The molecule has 1 aliphatic rings. The molecule has 0 aliphatic carbocycles. The highest BCUT2D eigenvalue weighted by atomic mass is 19.1. The molecule has 1 heterocycles. The van der Waals surface area contributed by atoms with Crippen molar-refractivity contribution in [1.82, 2.24) is 4.90 Å². The maximum atomic E-state index is 13.6. The highest BCUT2D eigenvalue weighted by Crippen LogP contribution is 2.18. The predicted molar refractivity (Wildman–Crippen MR) is 73.8 cm³/mol. The van der Waals surface area contributed by atoms with Crippen molar-refractivity contribution in [2.45, 2.75) is 26.4 Å². The van der Waals surface area contributed by atoms with Crippen LogP contribution in [0, 0.1) is 19.7 Å². The van der Waals surface area contributed by atoms with Gasteiger partial charge in [0.1, 0.15) is 5.82 Å². The molecule has 6 heteroatoms. The van der Waals surface area contributed by atoms with Gasteiger partial charge in [0, 0.05) is 18.7 Å². The summed E-state index contributed by atoms with van der Waals surface area (Å²) in [5.74, 6) is -1.49. The summed E-state index contributed by atoms with van der Waals surface area (Å²) < 4.78 is 18.9. The number of hydrogen-bond donors (Lipinski definition) is 1. The Morgan fingerprint density at radius 3 is 2.57 bits per heavy atom. The van der Waals surface area contributed by atoms with Gasteiger partial charge in [-0.3, -0.25) is 9.59 Å². The van der Waals surface area contributed by atoms with Gasteiger partial charge >= 0.3 is 5.97 Å². The van der Waals surface area contributed by atoms with Crippen LogP contribution in [-0.4, -0.2) is 47.7 Å². The molecule has 1 saturated heterocycles. The molecule has 1 amide bonds. The summed E-state index contributed by atoms with van der Waals surface area (Å²) in [5, 5.41) is 8.79. The zero-order valence-electron chi connectivity index (χ0n) is 12.1. The summed E-state index contributed by atoms with van der Waals surface area (Å²) in [5.41, 5.74) is 1.27. The summed E-state index contributed by atoms with van der Waals surface area (Å²) >= 11 is 0. The first-order valence-corrected chi connectivity index (χ1v) is 6.78. The van der Waals surface area contributed by atoms with Gasteiger partial charge in [-0.2, -0.15) is 0 Å². The minimum Gasteiger partial charge on any atom is -0.481 e. The Bertz CT molecular complexity index is 550. The van der Waals surface area contributed by atoms with E-state index in [1.165, 1.54) is 12.1 Å². The third-order valence-electron chi connectivity index (χ3n) is 3.51. The molecule has 0 spiro atoms. The van der Waals surface area contributed by atoms with E-state index < -0.39 is 12.1 Å². The largest absolute Gasteiger partial charge is 0.481 e. The number of carboxylic acids is 1. The molecule has 1 N–H and O–H groups in total. The number of morpholine rings is 1. The molecule has 2 rings (SSSR count). The fraction of sp³-hybridized carbons (Fsp3) is 0.467. The second-order valence-corrected chi connectivity index (χ2v) is 5.27. The Morgan fingerprint density at radius 1 is 1.38 bits per heavy atom. The molecule has 0 saturated carbocycles. The topological polar surface area (TPSA) is 66.8 Å². The van der Waals surface area contributed by atoms with Crippen molar-refractivity contribution in [3.05, 3.63) is 34.6 Å². The third kappa shape index (κ3) is 3.58. The minimum absolute atomic E-state index is 0.134. The van der Waals surface area contributed by atoms with E-state index in [0.29, 0.717) is 29.8 Å². The van der Waals surface area contributed by atoms with Gasteiger partial charge in [0.25, 0.3) is 5.91 Å². The third-order valence-corrected chi connectivity index (χ3v) is 3.51. The molecule has 1 aromatic rings. The van der Waals surface area contributed by atoms with E-state index in [9.17, 15) is 14.0 Å².